The van der Waals surface area contributed by atoms with Gasteiger partial charge in [-0.2, -0.15) is 0 Å². The molecule has 2 aromatic rings. The molecular formula is C19H26N8O7. The number of aromatic amines is 2. The van der Waals surface area contributed by atoms with Gasteiger partial charge in [0.15, 0.2) is 0 Å². The van der Waals surface area contributed by atoms with E-state index in [4.69, 9.17) is 10.8 Å². The predicted molar refractivity (Wildman–Crippen MR) is 114 cm³/mol. The molecule has 0 spiro atoms. The Bertz CT molecular complexity index is 990. The van der Waals surface area contributed by atoms with Gasteiger partial charge in [0.2, 0.25) is 17.7 Å². The van der Waals surface area contributed by atoms with Gasteiger partial charge in [-0.05, 0) is 6.92 Å². The molecule has 3 amide bonds. The number of rotatable bonds is 13. The third kappa shape index (κ3) is 8.01. The number of hydrogen-bond acceptors (Lipinski definition) is 8. The zero-order valence-electron chi connectivity index (χ0n) is 18.1. The van der Waals surface area contributed by atoms with Crippen LogP contribution in [-0.4, -0.2) is 84.0 Å². The highest BCUT2D eigenvalue weighted by atomic mass is 16.4. The Morgan fingerprint density at radius 1 is 0.853 bits per heavy atom. The van der Waals surface area contributed by atoms with E-state index in [-0.39, 0.29) is 12.8 Å². The van der Waals surface area contributed by atoms with Crippen LogP contribution in [0.4, 0.5) is 0 Å². The first-order valence-corrected chi connectivity index (χ1v) is 10.1. The van der Waals surface area contributed by atoms with E-state index in [2.05, 4.69) is 35.9 Å². The summed E-state index contributed by atoms with van der Waals surface area (Å²) in [5, 5.41) is 25.2. The van der Waals surface area contributed by atoms with Crippen LogP contribution in [0.3, 0.4) is 0 Å². The third-order valence-corrected chi connectivity index (χ3v) is 4.63. The van der Waals surface area contributed by atoms with E-state index in [0.717, 1.165) is 0 Å². The lowest BCUT2D eigenvalue weighted by Crippen LogP contribution is -2.58. The van der Waals surface area contributed by atoms with E-state index in [1.54, 1.807) is 0 Å². The summed E-state index contributed by atoms with van der Waals surface area (Å²) in [4.78, 5) is 73.6. The highest BCUT2D eigenvalue weighted by Crippen LogP contribution is 2.05. The minimum atomic E-state index is -1.72. The fourth-order valence-corrected chi connectivity index (χ4v) is 2.87. The smallest absolute Gasteiger partial charge is 0.326 e. The van der Waals surface area contributed by atoms with Crippen LogP contribution >= 0.6 is 0 Å². The van der Waals surface area contributed by atoms with Crippen LogP contribution in [-0.2, 0) is 36.8 Å². The molecule has 34 heavy (non-hydrogen) atoms. The molecule has 4 unspecified atom stereocenters. The second kappa shape index (κ2) is 12.1. The SMILES string of the molecule is CC(N)C(=O)NC(Cc1cnc[nH]1)C(=O)NC(Cc1cnc[nH]1)C(=O)NC(CC(=O)O)C(=O)O. The van der Waals surface area contributed by atoms with Gasteiger partial charge in [0.05, 0.1) is 25.1 Å². The molecule has 0 aliphatic rings. The lowest BCUT2D eigenvalue weighted by atomic mass is 10.1. The summed E-state index contributed by atoms with van der Waals surface area (Å²) < 4.78 is 0. The quantitative estimate of drug-likeness (QED) is 0.148. The highest BCUT2D eigenvalue weighted by Gasteiger charge is 2.31. The van der Waals surface area contributed by atoms with Gasteiger partial charge in [-0.25, -0.2) is 14.8 Å². The molecule has 0 saturated heterocycles. The number of carbonyl (C=O) groups is 5. The van der Waals surface area contributed by atoms with E-state index in [1.165, 1.54) is 32.0 Å². The van der Waals surface area contributed by atoms with Gasteiger partial charge in [-0.1, -0.05) is 0 Å². The number of amides is 3. The average molecular weight is 478 g/mol. The number of H-pyrrole nitrogens is 2. The number of carbonyl (C=O) groups excluding carboxylic acids is 3. The topological polar surface area (TPSA) is 245 Å². The summed E-state index contributed by atoms with van der Waals surface area (Å²) in [5.41, 5.74) is 6.54. The first kappa shape index (κ1) is 26.0. The average Bonchev–Trinajstić information content (AvgIpc) is 3.45. The van der Waals surface area contributed by atoms with E-state index >= 15 is 0 Å². The number of nitrogens with one attached hydrogen (secondary N) is 5. The molecule has 0 fully saturated rings. The largest absolute Gasteiger partial charge is 0.481 e. The molecule has 4 atom stereocenters. The van der Waals surface area contributed by atoms with Crippen molar-refractivity contribution in [2.75, 3.05) is 0 Å². The highest BCUT2D eigenvalue weighted by molar-refractivity contribution is 5.94. The Balaban J connectivity index is 2.22. The third-order valence-electron chi connectivity index (χ3n) is 4.63. The van der Waals surface area contributed by atoms with E-state index in [9.17, 15) is 29.1 Å². The van der Waals surface area contributed by atoms with Crippen LogP contribution in [0.25, 0.3) is 0 Å². The van der Waals surface area contributed by atoms with Crippen LogP contribution in [0.2, 0.25) is 0 Å². The number of nitrogens with two attached hydrogens (primary N) is 1. The second-order valence-corrected chi connectivity index (χ2v) is 7.47. The molecular weight excluding hydrogens is 452 g/mol. The Hall–Kier alpha value is -4.27. The van der Waals surface area contributed by atoms with Crippen LogP contribution in [0.5, 0.6) is 0 Å². The van der Waals surface area contributed by atoms with Gasteiger partial charge < -0.3 is 41.9 Å². The minimum Gasteiger partial charge on any atom is -0.481 e. The lowest BCUT2D eigenvalue weighted by molar-refractivity contribution is -0.147. The van der Waals surface area contributed by atoms with Crippen molar-refractivity contribution in [2.24, 2.45) is 5.73 Å². The summed E-state index contributed by atoms with van der Waals surface area (Å²) in [7, 11) is 0. The second-order valence-electron chi connectivity index (χ2n) is 7.47. The van der Waals surface area contributed by atoms with E-state index < -0.39 is 60.2 Å². The Morgan fingerprint density at radius 2 is 1.29 bits per heavy atom. The summed E-state index contributed by atoms with van der Waals surface area (Å²) in [6.45, 7) is 1.43. The van der Waals surface area contributed by atoms with Crippen molar-refractivity contribution in [1.82, 2.24) is 35.9 Å². The Morgan fingerprint density at radius 3 is 1.65 bits per heavy atom. The number of aromatic nitrogens is 4. The summed E-state index contributed by atoms with van der Waals surface area (Å²) in [6, 6.07) is -5.09. The molecule has 0 saturated carbocycles. The molecule has 184 valence electrons. The van der Waals surface area contributed by atoms with Gasteiger partial charge in [-0.3, -0.25) is 19.2 Å². The minimum absolute atomic E-state index is 0.000541. The first-order valence-electron chi connectivity index (χ1n) is 10.1. The molecule has 0 aliphatic heterocycles. The molecule has 0 aromatic carbocycles. The van der Waals surface area contributed by atoms with Crippen molar-refractivity contribution in [3.8, 4) is 0 Å². The van der Waals surface area contributed by atoms with Gasteiger partial charge in [-0.15, -0.1) is 0 Å². The van der Waals surface area contributed by atoms with Crippen molar-refractivity contribution >= 4 is 29.7 Å². The number of nitrogens with zero attached hydrogens (tertiary/aromatic N) is 2. The number of aliphatic carboxylic acids is 2. The summed E-state index contributed by atoms with van der Waals surface area (Å²) in [5.74, 6) is -5.28. The van der Waals surface area contributed by atoms with Gasteiger partial charge in [0.1, 0.15) is 18.1 Å². The van der Waals surface area contributed by atoms with Gasteiger partial charge in [0.25, 0.3) is 0 Å². The molecule has 2 aromatic heterocycles. The molecule has 15 nitrogen and oxygen atoms in total. The maximum atomic E-state index is 13.1. The zero-order chi connectivity index (χ0) is 25.3. The molecule has 0 bridgehead atoms. The number of carboxylic acids is 2. The standard InChI is InChI=1S/C19H26N8O7/c1-9(20)16(30)25-12(2-10-5-21-7-23-10)17(31)26-13(3-11-6-22-8-24-11)18(32)27-14(19(33)34)4-15(28)29/h5-9,12-14H,2-4,20H2,1H3,(H,21,23)(H,22,24)(H,25,30)(H,26,31)(H,27,32)(H,28,29)(H,33,34). The fourth-order valence-electron chi connectivity index (χ4n) is 2.87. The van der Waals surface area contributed by atoms with Crippen LogP contribution in [0.15, 0.2) is 25.0 Å². The summed E-state index contributed by atoms with van der Waals surface area (Å²) in [6.07, 6.45) is 4.61. The Labute approximate surface area is 192 Å². The van der Waals surface area contributed by atoms with Crippen molar-refractivity contribution in [1.29, 1.82) is 0 Å². The predicted octanol–water partition coefficient (Wildman–Crippen LogP) is -2.72. The maximum absolute atomic E-state index is 13.1. The van der Waals surface area contributed by atoms with Crippen LogP contribution in [0, 0.1) is 0 Å². The monoisotopic (exact) mass is 478 g/mol. The van der Waals surface area contributed by atoms with Crippen molar-refractivity contribution in [2.45, 2.75) is 50.4 Å². The molecule has 2 heterocycles. The Kier molecular flexibility index (Phi) is 9.25. The summed E-state index contributed by atoms with van der Waals surface area (Å²) >= 11 is 0. The number of carboxylic acid groups (broad SMARTS) is 2. The van der Waals surface area contributed by atoms with E-state index in [1.807, 2.05) is 0 Å². The fraction of sp³-hybridized carbons (Fsp3) is 0.421. The lowest BCUT2D eigenvalue weighted by Gasteiger charge is -2.24. The van der Waals surface area contributed by atoms with E-state index in [0.29, 0.717) is 11.4 Å². The number of hydrogen-bond donors (Lipinski definition) is 8. The normalized spacial score (nSPS) is 14.3. The van der Waals surface area contributed by atoms with Crippen molar-refractivity contribution in [3.05, 3.63) is 36.4 Å². The number of imidazole rings is 2. The van der Waals surface area contributed by atoms with Gasteiger partial charge in [0, 0.05) is 36.6 Å². The molecule has 2 rings (SSSR count). The zero-order valence-corrected chi connectivity index (χ0v) is 18.1. The molecule has 9 N–H and O–H groups in total. The van der Waals surface area contributed by atoms with Crippen LogP contribution in [0.1, 0.15) is 24.7 Å². The van der Waals surface area contributed by atoms with Crippen molar-refractivity contribution in [3.63, 3.8) is 0 Å². The maximum Gasteiger partial charge on any atom is 0.326 e. The van der Waals surface area contributed by atoms with Crippen LogP contribution < -0.4 is 21.7 Å². The molecule has 0 aliphatic carbocycles. The molecule has 0 radical (unpaired) electrons. The van der Waals surface area contributed by atoms with Crippen molar-refractivity contribution < 1.29 is 34.2 Å². The first-order chi connectivity index (χ1) is 16.1. The molecule has 15 heteroatoms. The van der Waals surface area contributed by atoms with Gasteiger partial charge >= 0.3 is 11.9 Å².